The highest BCUT2D eigenvalue weighted by Gasteiger charge is 2.12. The van der Waals surface area contributed by atoms with E-state index in [0.29, 0.717) is 0 Å². The van der Waals surface area contributed by atoms with E-state index in [0.717, 1.165) is 31.2 Å². The fourth-order valence-corrected chi connectivity index (χ4v) is 1.95. The lowest BCUT2D eigenvalue weighted by Gasteiger charge is -2.22. The predicted octanol–water partition coefficient (Wildman–Crippen LogP) is 1.85. The van der Waals surface area contributed by atoms with E-state index in [9.17, 15) is 0 Å². The Kier molecular flexibility index (Phi) is 3.97. The fourth-order valence-electron chi connectivity index (χ4n) is 1.95. The van der Waals surface area contributed by atoms with Gasteiger partial charge < -0.3 is 10.1 Å². The summed E-state index contributed by atoms with van der Waals surface area (Å²) in [6.45, 7) is 3.13. The molecule has 82 valence electrons. The van der Waals surface area contributed by atoms with Gasteiger partial charge in [-0.1, -0.05) is 0 Å². The summed E-state index contributed by atoms with van der Waals surface area (Å²) < 4.78 is 5.62. The summed E-state index contributed by atoms with van der Waals surface area (Å²) in [5.74, 6) is 1.66. The molecule has 0 radical (unpaired) electrons. The van der Waals surface area contributed by atoms with E-state index in [1.807, 2.05) is 12.1 Å². The first-order chi connectivity index (χ1) is 7.45. The smallest absolute Gasteiger partial charge is 0.137 e. The van der Waals surface area contributed by atoms with E-state index < -0.39 is 0 Å². The molecule has 15 heavy (non-hydrogen) atoms. The number of ether oxygens (including phenoxy) is 1. The van der Waals surface area contributed by atoms with Crippen LogP contribution in [0.4, 0.5) is 0 Å². The summed E-state index contributed by atoms with van der Waals surface area (Å²) >= 11 is 0. The predicted molar refractivity (Wildman–Crippen MR) is 59.9 cm³/mol. The van der Waals surface area contributed by atoms with Crippen LogP contribution in [0.5, 0.6) is 5.75 Å². The molecule has 1 saturated heterocycles. The molecule has 1 aromatic heterocycles. The molecule has 2 rings (SSSR count). The van der Waals surface area contributed by atoms with E-state index in [1.165, 1.54) is 19.4 Å². The number of nitrogens with zero attached hydrogens (tertiary/aromatic N) is 1. The summed E-state index contributed by atoms with van der Waals surface area (Å²) in [7, 11) is 0. The monoisotopic (exact) mass is 206 g/mol. The van der Waals surface area contributed by atoms with Crippen molar-refractivity contribution in [1.29, 1.82) is 0 Å². The Morgan fingerprint density at radius 3 is 3.27 bits per heavy atom. The van der Waals surface area contributed by atoms with Crippen molar-refractivity contribution in [2.24, 2.45) is 5.92 Å². The van der Waals surface area contributed by atoms with E-state index in [1.54, 1.807) is 12.4 Å². The Morgan fingerprint density at radius 2 is 2.53 bits per heavy atom. The summed E-state index contributed by atoms with van der Waals surface area (Å²) in [4.78, 5) is 4.01. The third-order valence-corrected chi connectivity index (χ3v) is 2.83. The van der Waals surface area contributed by atoms with Crippen molar-refractivity contribution in [2.45, 2.75) is 19.3 Å². The molecule has 2 heterocycles. The second-order valence-electron chi connectivity index (χ2n) is 4.04. The first kappa shape index (κ1) is 10.4. The minimum Gasteiger partial charge on any atom is -0.492 e. The molecular formula is C12H18N2O. The van der Waals surface area contributed by atoms with Gasteiger partial charge in [0.2, 0.25) is 0 Å². The van der Waals surface area contributed by atoms with Gasteiger partial charge in [-0.2, -0.15) is 0 Å². The first-order valence-electron chi connectivity index (χ1n) is 5.69. The number of hydrogen-bond donors (Lipinski definition) is 1. The van der Waals surface area contributed by atoms with Crippen molar-refractivity contribution in [3.63, 3.8) is 0 Å². The molecule has 1 atom stereocenters. The number of piperidine rings is 1. The van der Waals surface area contributed by atoms with E-state index in [4.69, 9.17) is 4.74 Å². The molecule has 0 amide bonds. The van der Waals surface area contributed by atoms with Crippen LogP contribution in [-0.2, 0) is 0 Å². The standard InChI is InChI=1S/C12H18N2O/c1-3-11(9-13-6-1)5-8-15-12-4-2-7-14-10-12/h2,4,7,10-11,13H,1,3,5-6,8-9H2/t11-/m0/s1. The van der Waals surface area contributed by atoms with Crippen LogP contribution in [0.3, 0.4) is 0 Å². The number of nitrogens with one attached hydrogen (secondary N) is 1. The summed E-state index contributed by atoms with van der Waals surface area (Å²) in [6, 6.07) is 3.85. The zero-order chi connectivity index (χ0) is 10.3. The Balaban J connectivity index is 1.66. The molecular weight excluding hydrogens is 188 g/mol. The molecule has 0 bridgehead atoms. The van der Waals surface area contributed by atoms with Gasteiger partial charge in [0.05, 0.1) is 12.8 Å². The van der Waals surface area contributed by atoms with Crippen molar-refractivity contribution < 1.29 is 4.74 Å². The van der Waals surface area contributed by atoms with Crippen LogP contribution in [-0.4, -0.2) is 24.7 Å². The molecule has 1 aromatic rings. The molecule has 0 saturated carbocycles. The minimum atomic E-state index is 0.787. The Labute approximate surface area is 90.9 Å². The van der Waals surface area contributed by atoms with Crippen molar-refractivity contribution in [2.75, 3.05) is 19.7 Å². The third kappa shape index (κ3) is 3.51. The number of pyridine rings is 1. The SMILES string of the molecule is c1cncc(OCC[C@@H]2CCCNC2)c1. The molecule has 0 spiro atoms. The van der Waals surface area contributed by atoms with Gasteiger partial charge in [-0.3, -0.25) is 4.98 Å². The highest BCUT2D eigenvalue weighted by atomic mass is 16.5. The summed E-state index contributed by atoms with van der Waals surface area (Å²) in [6.07, 6.45) is 7.31. The van der Waals surface area contributed by atoms with Gasteiger partial charge in [0.25, 0.3) is 0 Å². The van der Waals surface area contributed by atoms with E-state index >= 15 is 0 Å². The van der Waals surface area contributed by atoms with Gasteiger partial charge in [-0.05, 0) is 50.4 Å². The van der Waals surface area contributed by atoms with Crippen LogP contribution >= 0.6 is 0 Å². The lowest BCUT2D eigenvalue weighted by molar-refractivity contribution is 0.253. The lowest BCUT2D eigenvalue weighted by Crippen LogP contribution is -2.30. The maximum absolute atomic E-state index is 5.62. The van der Waals surface area contributed by atoms with Crippen LogP contribution in [0.25, 0.3) is 0 Å². The van der Waals surface area contributed by atoms with Gasteiger partial charge in [0.1, 0.15) is 5.75 Å². The van der Waals surface area contributed by atoms with Gasteiger partial charge in [-0.25, -0.2) is 0 Å². The normalized spacial score (nSPS) is 21.2. The molecule has 1 fully saturated rings. The topological polar surface area (TPSA) is 34.1 Å². The van der Waals surface area contributed by atoms with Crippen LogP contribution in [0, 0.1) is 5.92 Å². The number of hydrogen-bond acceptors (Lipinski definition) is 3. The third-order valence-electron chi connectivity index (χ3n) is 2.83. The maximum Gasteiger partial charge on any atom is 0.137 e. The van der Waals surface area contributed by atoms with Crippen LogP contribution < -0.4 is 10.1 Å². The van der Waals surface area contributed by atoms with Crippen LogP contribution in [0.1, 0.15) is 19.3 Å². The fraction of sp³-hybridized carbons (Fsp3) is 0.583. The zero-order valence-electron chi connectivity index (χ0n) is 8.98. The number of rotatable bonds is 4. The molecule has 3 heteroatoms. The minimum absolute atomic E-state index is 0.787. The molecule has 1 aliphatic heterocycles. The molecule has 1 N–H and O–H groups in total. The largest absolute Gasteiger partial charge is 0.492 e. The van der Waals surface area contributed by atoms with Crippen molar-refractivity contribution in [1.82, 2.24) is 10.3 Å². The van der Waals surface area contributed by atoms with Gasteiger partial charge in [0.15, 0.2) is 0 Å². The average Bonchev–Trinajstić information content (AvgIpc) is 2.32. The second-order valence-corrected chi connectivity index (χ2v) is 4.04. The molecule has 0 aromatic carbocycles. The van der Waals surface area contributed by atoms with Crippen molar-refractivity contribution >= 4 is 0 Å². The highest BCUT2D eigenvalue weighted by Crippen LogP contribution is 2.15. The lowest BCUT2D eigenvalue weighted by atomic mass is 9.97. The van der Waals surface area contributed by atoms with Crippen LogP contribution in [0.2, 0.25) is 0 Å². The van der Waals surface area contributed by atoms with Crippen molar-refractivity contribution in [3.05, 3.63) is 24.5 Å². The molecule has 0 unspecified atom stereocenters. The van der Waals surface area contributed by atoms with Gasteiger partial charge >= 0.3 is 0 Å². The van der Waals surface area contributed by atoms with E-state index in [-0.39, 0.29) is 0 Å². The highest BCUT2D eigenvalue weighted by molar-refractivity contribution is 5.15. The average molecular weight is 206 g/mol. The Hall–Kier alpha value is -1.09. The van der Waals surface area contributed by atoms with Crippen LogP contribution in [0.15, 0.2) is 24.5 Å². The summed E-state index contributed by atoms with van der Waals surface area (Å²) in [5.41, 5.74) is 0. The molecule has 0 aliphatic carbocycles. The van der Waals surface area contributed by atoms with Gasteiger partial charge in [-0.15, -0.1) is 0 Å². The Bertz CT molecular complexity index is 270. The Morgan fingerprint density at radius 1 is 1.53 bits per heavy atom. The van der Waals surface area contributed by atoms with Crippen molar-refractivity contribution in [3.8, 4) is 5.75 Å². The second kappa shape index (κ2) is 5.71. The maximum atomic E-state index is 5.62. The van der Waals surface area contributed by atoms with Gasteiger partial charge in [0, 0.05) is 6.20 Å². The number of aromatic nitrogens is 1. The molecule has 1 aliphatic rings. The zero-order valence-corrected chi connectivity index (χ0v) is 8.98. The summed E-state index contributed by atoms with van der Waals surface area (Å²) in [5, 5.41) is 3.42. The van der Waals surface area contributed by atoms with E-state index in [2.05, 4.69) is 10.3 Å². The first-order valence-corrected chi connectivity index (χ1v) is 5.69. The quantitative estimate of drug-likeness (QED) is 0.816. The molecule has 3 nitrogen and oxygen atoms in total.